The van der Waals surface area contributed by atoms with Crippen molar-refractivity contribution >= 4 is 5.91 Å². The van der Waals surface area contributed by atoms with E-state index in [-0.39, 0.29) is 19.0 Å². The number of likely N-dealkylation sites (tertiary alicyclic amines) is 1. The molecule has 2 atom stereocenters. The number of nitrogens with zero attached hydrogens (tertiary/aromatic N) is 1. The maximum atomic E-state index is 12.2. The Kier molecular flexibility index (Phi) is 3.17. The van der Waals surface area contributed by atoms with Crippen LogP contribution in [0.25, 0.3) is 0 Å². The summed E-state index contributed by atoms with van der Waals surface area (Å²) in [5.74, 6) is -0.123. The maximum absolute atomic E-state index is 12.2. The van der Waals surface area contributed by atoms with E-state index in [0.717, 1.165) is 11.1 Å². The lowest BCUT2D eigenvalue weighted by molar-refractivity contribution is 0.0572. The number of benzene rings is 1. The fourth-order valence-electron chi connectivity index (χ4n) is 2.09. The highest BCUT2D eigenvalue weighted by molar-refractivity contribution is 5.96. The number of aliphatic hydroxyl groups excluding tert-OH is 2. The van der Waals surface area contributed by atoms with Gasteiger partial charge in [0.05, 0.1) is 12.2 Å². The normalized spacial score (nSPS) is 24.1. The molecule has 1 aromatic carbocycles. The van der Waals surface area contributed by atoms with Gasteiger partial charge in [-0.15, -0.1) is 0 Å². The molecular weight excluding hydrogens is 218 g/mol. The third-order valence-corrected chi connectivity index (χ3v) is 3.38. The maximum Gasteiger partial charge on any atom is 0.254 e. The Balaban J connectivity index is 2.24. The van der Waals surface area contributed by atoms with Crippen LogP contribution >= 0.6 is 0 Å². The van der Waals surface area contributed by atoms with E-state index in [2.05, 4.69) is 0 Å². The Bertz CT molecular complexity index is 434. The summed E-state index contributed by atoms with van der Waals surface area (Å²) in [5, 5.41) is 18.9. The van der Waals surface area contributed by atoms with Crippen molar-refractivity contribution in [2.45, 2.75) is 26.1 Å². The van der Waals surface area contributed by atoms with Crippen molar-refractivity contribution in [2.75, 3.05) is 13.1 Å². The van der Waals surface area contributed by atoms with Gasteiger partial charge in [0.25, 0.3) is 5.91 Å². The molecule has 1 saturated heterocycles. The van der Waals surface area contributed by atoms with Crippen molar-refractivity contribution < 1.29 is 15.0 Å². The first-order valence-electron chi connectivity index (χ1n) is 5.72. The van der Waals surface area contributed by atoms with E-state index in [1.165, 1.54) is 4.90 Å². The van der Waals surface area contributed by atoms with Crippen LogP contribution in [-0.4, -0.2) is 46.3 Å². The van der Waals surface area contributed by atoms with E-state index in [0.29, 0.717) is 5.56 Å². The third kappa shape index (κ3) is 2.18. The van der Waals surface area contributed by atoms with E-state index >= 15 is 0 Å². The first-order valence-corrected chi connectivity index (χ1v) is 5.72. The summed E-state index contributed by atoms with van der Waals surface area (Å²) in [5.41, 5.74) is 2.66. The molecule has 2 N–H and O–H groups in total. The highest BCUT2D eigenvalue weighted by Crippen LogP contribution is 2.18. The topological polar surface area (TPSA) is 60.8 Å². The van der Waals surface area contributed by atoms with Crippen molar-refractivity contribution in [2.24, 2.45) is 0 Å². The monoisotopic (exact) mass is 235 g/mol. The minimum absolute atomic E-state index is 0.123. The van der Waals surface area contributed by atoms with E-state index in [9.17, 15) is 15.0 Å². The van der Waals surface area contributed by atoms with E-state index in [1.807, 2.05) is 26.0 Å². The highest BCUT2D eigenvalue weighted by Gasteiger charge is 2.33. The standard InChI is InChI=1S/C13H17NO3/c1-8-4-3-5-10(9(8)2)13(17)14-6-11(15)12(16)7-14/h3-5,11-12,15-16H,6-7H2,1-2H3. The molecular formula is C13H17NO3. The van der Waals surface area contributed by atoms with Crippen LogP contribution in [0.2, 0.25) is 0 Å². The SMILES string of the molecule is Cc1cccc(C(=O)N2CC(O)C(O)C2)c1C. The minimum atomic E-state index is -0.830. The molecule has 1 aromatic rings. The molecule has 1 fully saturated rings. The largest absolute Gasteiger partial charge is 0.388 e. The fourth-order valence-corrected chi connectivity index (χ4v) is 2.09. The van der Waals surface area contributed by atoms with E-state index < -0.39 is 12.2 Å². The first-order chi connectivity index (χ1) is 8.00. The second-order valence-corrected chi connectivity index (χ2v) is 4.59. The molecule has 1 aliphatic heterocycles. The number of rotatable bonds is 1. The predicted octanol–water partition coefficient (Wildman–Crippen LogP) is 0.481. The second kappa shape index (κ2) is 4.47. The molecule has 92 valence electrons. The number of hydrogen-bond acceptors (Lipinski definition) is 3. The zero-order valence-corrected chi connectivity index (χ0v) is 10.1. The lowest BCUT2D eigenvalue weighted by Gasteiger charge is -2.17. The van der Waals surface area contributed by atoms with Gasteiger partial charge in [0.2, 0.25) is 0 Å². The summed E-state index contributed by atoms with van der Waals surface area (Å²) < 4.78 is 0. The number of carbonyl (C=O) groups excluding carboxylic acids is 1. The van der Waals surface area contributed by atoms with Crippen LogP contribution in [0.1, 0.15) is 21.5 Å². The summed E-state index contributed by atoms with van der Waals surface area (Å²) in [6, 6.07) is 5.58. The molecule has 1 amide bonds. The number of amides is 1. The second-order valence-electron chi connectivity index (χ2n) is 4.59. The van der Waals surface area contributed by atoms with Gasteiger partial charge in [0.1, 0.15) is 0 Å². The van der Waals surface area contributed by atoms with E-state index in [1.54, 1.807) is 6.07 Å². The van der Waals surface area contributed by atoms with Crippen LogP contribution in [0.5, 0.6) is 0 Å². The molecule has 0 saturated carbocycles. The van der Waals surface area contributed by atoms with Gasteiger partial charge in [-0.05, 0) is 31.0 Å². The molecule has 0 aromatic heterocycles. The van der Waals surface area contributed by atoms with Gasteiger partial charge in [-0.25, -0.2) is 0 Å². The Morgan fingerprint density at radius 1 is 1.24 bits per heavy atom. The zero-order valence-electron chi connectivity index (χ0n) is 10.1. The van der Waals surface area contributed by atoms with Gasteiger partial charge in [-0.2, -0.15) is 0 Å². The van der Waals surface area contributed by atoms with Crippen LogP contribution in [0, 0.1) is 13.8 Å². The number of aryl methyl sites for hydroxylation is 1. The van der Waals surface area contributed by atoms with Crippen molar-refractivity contribution in [1.29, 1.82) is 0 Å². The van der Waals surface area contributed by atoms with Crippen LogP contribution < -0.4 is 0 Å². The average Bonchev–Trinajstić information content (AvgIpc) is 2.62. The lowest BCUT2D eigenvalue weighted by atomic mass is 10.0. The Morgan fingerprint density at radius 2 is 1.82 bits per heavy atom. The number of hydrogen-bond donors (Lipinski definition) is 2. The molecule has 0 spiro atoms. The summed E-state index contributed by atoms with van der Waals surface area (Å²) in [6.45, 7) is 4.27. The van der Waals surface area contributed by atoms with Crippen LogP contribution in [0.15, 0.2) is 18.2 Å². The van der Waals surface area contributed by atoms with Crippen molar-refractivity contribution in [1.82, 2.24) is 4.90 Å². The Labute approximate surface area is 100 Å². The van der Waals surface area contributed by atoms with Gasteiger partial charge in [-0.3, -0.25) is 4.79 Å². The van der Waals surface area contributed by atoms with Crippen LogP contribution in [0.4, 0.5) is 0 Å². The van der Waals surface area contributed by atoms with Crippen LogP contribution in [-0.2, 0) is 0 Å². The molecule has 0 radical (unpaired) electrons. The Hall–Kier alpha value is -1.39. The minimum Gasteiger partial charge on any atom is -0.388 e. The molecule has 4 heteroatoms. The summed E-state index contributed by atoms with van der Waals surface area (Å²) in [4.78, 5) is 13.7. The molecule has 0 bridgehead atoms. The molecule has 0 aliphatic carbocycles. The predicted molar refractivity (Wildman–Crippen MR) is 63.8 cm³/mol. The van der Waals surface area contributed by atoms with Gasteiger partial charge >= 0.3 is 0 Å². The van der Waals surface area contributed by atoms with Gasteiger partial charge in [0, 0.05) is 18.7 Å². The summed E-state index contributed by atoms with van der Waals surface area (Å²) in [6.07, 6.45) is -1.66. The average molecular weight is 235 g/mol. The van der Waals surface area contributed by atoms with Crippen molar-refractivity contribution in [3.05, 3.63) is 34.9 Å². The lowest BCUT2D eigenvalue weighted by Crippen LogP contribution is -2.30. The van der Waals surface area contributed by atoms with Gasteiger partial charge in [0.15, 0.2) is 0 Å². The third-order valence-electron chi connectivity index (χ3n) is 3.38. The first kappa shape index (κ1) is 12.1. The molecule has 1 aliphatic rings. The molecule has 4 nitrogen and oxygen atoms in total. The smallest absolute Gasteiger partial charge is 0.254 e. The molecule has 2 rings (SSSR count). The quantitative estimate of drug-likeness (QED) is 0.744. The van der Waals surface area contributed by atoms with Crippen molar-refractivity contribution in [3.63, 3.8) is 0 Å². The van der Waals surface area contributed by atoms with Crippen molar-refractivity contribution in [3.8, 4) is 0 Å². The Morgan fingerprint density at radius 3 is 2.41 bits per heavy atom. The summed E-state index contributed by atoms with van der Waals surface area (Å²) >= 11 is 0. The fraction of sp³-hybridized carbons (Fsp3) is 0.462. The number of carbonyl (C=O) groups is 1. The number of β-amino-alcohol motifs (C(OH)–C–C–N with tert-alkyl or cyclic N) is 2. The van der Waals surface area contributed by atoms with E-state index in [4.69, 9.17) is 0 Å². The van der Waals surface area contributed by atoms with Gasteiger partial charge in [-0.1, -0.05) is 12.1 Å². The zero-order chi connectivity index (χ0) is 12.6. The highest BCUT2D eigenvalue weighted by atomic mass is 16.3. The summed E-state index contributed by atoms with van der Waals surface area (Å²) in [7, 11) is 0. The molecule has 1 heterocycles. The number of aliphatic hydroxyl groups is 2. The van der Waals surface area contributed by atoms with Gasteiger partial charge < -0.3 is 15.1 Å². The van der Waals surface area contributed by atoms with Crippen LogP contribution in [0.3, 0.4) is 0 Å². The molecule has 17 heavy (non-hydrogen) atoms. The molecule has 2 unspecified atom stereocenters.